The van der Waals surface area contributed by atoms with Gasteiger partial charge in [-0.2, -0.15) is 0 Å². The lowest BCUT2D eigenvalue weighted by Crippen LogP contribution is -2.25. The molecule has 1 rings (SSSR count). The van der Waals surface area contributed by atoms with Crippen molar-refractivity contribution in [3.05, 3.63) is 29.3 Å². The smallest absolute Gasteiger partial charge is 0.123 e. The van der Waals surface area contributed by atoms with Gasteiger partial charge in [-0.15, -0.1) is 0 Å². The minimum atomic E-state index is 0.0650. The summed E-state index contributed by atoms with van der Waals surface area (Å²) in [6, 6.07) is 6.40. The number of ether oxygens (including phenoxy) is 1. The third kappa shape index (κ3) is 5.14. The Labute approximate surface area is 124 Å². The Hall–Kier alpha value is -1.06. The third-order valence-electron chi connectivity index (χ3n) is 3.38. The summed E-state index contributed by atoms with van der Waals surface area (Å²) in [5.74, 6) is 0.995. The minimum Gasteiger partial charge on any atom is -0.494 e. The highest BCUT2D eigenvalue weighted by Gasteiger charge is 2.11. The van der Waals surface area contributed by atoms with Crippen molar-refractivity contribution in [2.75, 3.05) is 19.7 Å². The van der Waals surface area contributed by atoms with Gasteiger partial charge in [0.2, 0.25) is 0 Å². The maximum atomic E-state index is 6.00. The van der Waals surface area contributed by atoms with Gasteiger partial charge >= 0.3 is 0 Å². The summed E-state index contributed by atoms with van der Waals surface area (Å²) in [4.78, 5) is 2.49. The fourth-order valence-electron chi connectivity index (χ4n) is 2.45. The first-order valence-electron chi connectivity index (χ1n) is 7.85. The lowest BCUT2D eigenvalue weighted by Gasteiger charge is -2.23. The number of benzene rings is 1. The van der Waals surface area contributed by atoms with Crippen molar-refractivity contribution >= 4 is 0 Å². The molecule has 20 heavy (non-hydrogen) atoms. The van der Waals surface area contributed by atoms with Crippen molar-refractivity contribution < 1.29 is 4.74 Å². The predicted octanol–water partition coefficient (Wildman–Crippen LogP) is 3.73. The fraction of sp³-hybridized carbons (Fsp3) is 0.647. The Bertz CT molecular complexity index is 385. The van der Waals surface area contributed by atoms with Crippen LogP contribution in [0.1, 0.15) is 57.7 Å². The van der Waals surface area contributed by atoms with Gasteiger partial charge in [-0.3, -0.25) is 4.90 Å². The van der Waals surface area contributed by atoms with Crippen LogP contribution in [0, 0.1) is 0 Å². The van der Waals surface area contributed by atoms with E-state index in [-0.39, 0.29) is 6.04 Å². The van der Waals surface area contributed by atoms with E-state index in [4.69, 9.17) is 10.5 Å². The molecular weight excluding hydrogens is 248 g/mol. The quantitative estimate of drug-likeness (QED) is 0.748. The molecule has 0 bridgehead atoms. The Morgan fingerprint density at radius 1 is 1.15 bits per heavy atom. The topological polar surface area (TPSA) is 38.5 Å². The molecule has 0 fully saturated rings. The maximum Gasteiger partial charge on any atom is 0.123 e. The number of rotatable bonds is 9. The molecule has 0 aliphatic rings. The van der Waals surface area contributed by atoms with E-state index in [2.05, 4.69) is 36.9 Å². The molecule has 0 spiro atoms. The molecule has 0 aliphatic carbocycles. The van der Waals surface area contributed by atoms with Gasteiger partial charge < -0.3 is 10.5 Å². The van der Waals surface area contributed by atoms with E-state index in [1.807, 2.05) is 13.8 Å². The molecule has 2 N–H and O–H groups in total. The number of hydrogen-bond donors (Lipinski definition) is 1. The van der Waals surface area contributed by atoms with Crippen LogP contribution < -0.4 is 10.5 Å². The van der Waals surface area contributed by atoms with E-state index in [0.29, 0.717) is 6.61 Å². The molecule has 0 amide bonds. The average Bonchev–Trinajstić information content (AvgIpc) is 2.41. The normalized spacial score (nSPS) is 12.7. The van der Waals surface area contributed by atoms with Crippen LogP contribution in [0.2, 0.25) is 0 Å². The van der Waals surface area contributed by atoms with Crippen LogP contribution in [0.4, 0.5) is 0 Å². The molecule has 1 aromatic carbocycles. The largest absolute Gasteiger partial charge is 0.494 e. The molecule has 0 saturated carbocycles. The SMILES string of the molecule is CCCN(CCC)Cc1cc(C(C)N)ccc1OCC. The first-order valence-corrected chi connectivity index (χ1v) is 7.85. The van der Waals surface area contributed by atoms with Crippen molar-refractivity contribution in [2.24, 2.45) is 5.73 Å². The van der Waals surface area contributed by atoms with Crippen LogP contribution in [0.25, 0.3) is 0 Å². The van der Waals surface area contributed by atoms with E-state index in [1.54, 1.807) is 0 Å². The molecule has 1 atom stereocenters. The minimum absolute atomic E-state index is 0.0650. The van der Waals surface area contributed by atoms with Gasteiger partial charge in [-0.1, -0.05) is 19.9 Å². The van der Waals surface area contributed by atoms with E-state index >= 15 is 0 Å². The number of hydrogen-bond acceptors (Lipinski definition) is 3. The van der Waals surface area contributed by atoms with Crippen LogP contribution in [0.5, 0.6) is 5.75 Å². The monoisotopic (exact) mass is 278 g/mol. The van der Waals surface area contributed by atoms with Gasteiger partial charge in [0, 0.05) is 18.2 Å². The Kier molecular flexibility index (Phi) is 7.63. The van der Waals surface area contributed by atoms with E-state index in [1.165, 1.54) is 24.0 Å². The summed E-state index contributed by atoms with van der Waals surface area (Å²) < 4.78 is 5.76. The summed E-state index contributed by atoms with van der Waals surface area (Å²) in [5, 5.41) is 0. The summed E-state index contributed by atoms with van der Waals surface area (Å²) in [7, 11) is 0. The Balaban J connectivity index is 2.94. The van der Waals surface area contributed by atoms with Crippen molar-refractivity contribution in [3.63, 3.8) is 0 Å². The second kappa shape index (κ2) is 8.98. The first-order chi connectivity index (χ1) is 9.62. The van der Waals surface area contributed by atoms with Crippen LogP contribution in [-0.2, 0) is 6.54 Å². The molecule has 0 aromatic heterocycles. The van der Waals surface area contributed by atoms with Gasteiger partial charge in [-0.25, -0.2) is 0 Å². The first kappa shape index (κ1) is 17.0. The molecule has 114 valence electrons. The molecule has 0 aliphatic heterocycles. The Morgan fingerprint density at radius 3 is 2.30 bits per heavy atom. The summed E-state index contributed by atoms with van der Waals surface area (Å²) in [6.45, 7) is 12.4. The van der Waals surface area contributed by atoms with Gasteiger partial charge in [0.05, 0.1) is 6.61 Å². The summed E-state index contributed by atoms with van der Waals surface area (Å²) in [5.41, 5.74) is 8.43. The average molecular weight is 278 g/mol. The Morgan fingerprint density at radius 2 is 1.80 bits per heavy atom. The third-order valence-corrected chi connectivity index (χ3v) is 3.38. The van der Waals surface area contributed by atoms with Crippen molar-refractivity contribution in [3.8, 4) is 5.75 Å². The highest BCUT2D eigenvalue weighted by molar-refractivity contribution is 5.38. The van der Waals surface area contributed by atoms with Gasteiger partial charge in [0.25, 0.3) is 0 Å². The lowest BCUT2D eigenvalue weighted by molar-refractivity contribution is 0.258. The molecule has 0 heterocycles. The number of nitrogens with zero attached hydrogens (tertiary/aromatic N) is 1. The molecular formula is C17H30N2O. The molecule has 1 unspecified atom stereocenters. The number of nitrogens with two attached hydrogens (primary N) is 1. The lowest BCUT2D eigenvalue weighted by atomic mass is 10.0. The van der Waals surface area contributed by atoms with Crippen molar-refractivity contribution in [1.29, 1.82) is 0 Å². The van der Waals surface area contributed by atoms with Crippen molar-refractivity contribution in [2.45, 2.75) is 53.1 Å². The summed E-state index contributed by atoms with van der Waals surface area (Å²) >= 11 is 0. The highest BCUT2D eigenvalue weighted by Crippen LogP contribution is 2.24. The molecule has 0 saturated heterocycles. The van der Waals surface area contributed by atoms with Crippen molar-refractivity contribution in [1.82, 2.24) is 4.90 Å². The van der Waals surface area contributed by atoms with Crippen LogP contribution in [0.15, 0.2) is 18.2 Å². The maximum absolute atomic E-state index is 6.00. The van der Waals surface area contributed by atoms with Crippen LogP contribution in [0.3, 0.4) is 0 Å². The zero-order chi connectivity index (χ0) is 15.0. The van der Waals surface area contributed by atoms with Crippen LogP contribution in [-0.4, -0.2) is 24.6 Å². The van der Waals surface area contributed by atoms with E-state index in [9.17, 15) is 0 Å². The van der Waals surface area contributed by atoms with E-state index < -0.39 is 0 Å². The van der Waals surface area contributed by atoms with E-state index in [0.717, 1.165) is 25.4 Å². The fourth-order valence-corrected chi connectivity index (χ4v) is 2.45. The molecule has 3 nitrogen and oxygen atoms in total. The second-order valence-corrected chi connectivity index (χ2v) is 5.36. The summed E-state index contributed by atoms with van der Waals surface area (Å²) in [6.07, 6.45) is 2.36. The second-order valence-electron chi connectivity index (χ2n) is 5.36. The predicted molar refractivity (Wildman–Crippen MR) is 86.1 cm³/mol. The van der Waals surface area contributed by atoms with Gasteiger partial charge in [-0.05, 0) is 57.5 Å². The zero-order valence-electron chi connectivity index (χ0n) is 13.5. The zero-order valence-corrected chi connectivity index (χ0v) is 13.5. The molecule has 3 heteroatoms. The standard InChI is InChI=1S/C17H30N2O/c1-5-10-19(11-6-2)13-16-12-15(14(4)18)8-9-17(16)20-7-3/h8-9,12,14H,5-7,10-11,13,18H2,1-4H3. The van der Waals surface area contributed by atoms with Crippen LogP contribution >= 0.6 is 0 Å². The molecule has 1 aromatic rings. The van der Waals surface area contributed by atoms with Gasteiger partial charge in [0.15, 0.2) is 0 Å². The molecule has 0 radical (unpaired) electrons. The highest BCUT2D eigenvalue weighted by atomic mass is 16.5. The van der Waals surface area contributed by atoms with Gasteiger partial charge in [0.1, 0.15) is 5.75 Å².